The minimum atomic E-state index is -3.48. The van der Waals surface area contributed by atoms with E-state index in [1.807, 2.05) is 56.3 Å². The SMILES string of the molecule is Cc1cc(C)cc(N(CCC(=O)Nc2ccc(C(C)C)cc2)S(C)(=O)=O)c1. The Bertz CT molecular complexity index is 883. The Morgan fingerprint density at radius 3 is 2.07 bits per heavy atom. The average Bonchev–Trinajstić information content (AvgIpc) is 2.53. The van der Waals surface area contributed by atoms with Crippen LogP contribution in [-0.2, 0) is 14.8 Å². The van der Waals surface area contributed by atoms with Crippen LogP contribution in [-0.4, -0.2) is 27.1 Å². The van der Waals surface area contributed by atoms with Gasteiger partial charge in [-0.3, -0.25) is 9.10 Å². The molecule has 0 spiro atoms. The van der Waals surface area contributed by atoms with Gasteiger partial charge in [0, 0.05) is 18.7 Å². The van der Waals surface area contributed by atoms with Gasteiger partial charge in [0.05, 0.1) is 11.9 Å². The fraction of sp³-hybridized carbons (Fsp3) is 0.381. The van der Waals surface area contributed by atoms with Crippen molar-refractivity contribution < 1.29 is 13.2 Å². The first-order valence-electron chi connectivity index (χ1n) is 9.02. The maximum Gasteiger partial charge on any atom is 0.232 e. The van der Waals surface area contributed by atoms with Crippen LogP contribution in [0.25, 0.3) is 0 Å². The van der Waals surface area contributed by atoms with E-state index in [0.29, 0.717) is 17.3 Å². The van der Waals surface area contributed by atoms with Crippen LogP contribution in [0.5, 0.6) is 0 Å². The van der Waals surface area contributed by atoms with Gasteiger partial charge in [-0.2, -0.15) is 0 Å². The molecule has 0 unspecified atom stereocenters. The van der Waals surface area contributed by atoms with Crippen LogP contribution in [0.4, 0.5) is 11.4 Å². The third-order valence-electron chi connectivity index (χ3n) is 4.30. The van der Waals surface area contributed by atoms with Gasteiger partial charge < -0.3 is 5.32 Å². The number of amides is 1. The van der Waals surface area contributed by atoms with E-state index in [1.54, 1.807) is 0 Å². The topological polar surface area (TPSA) is 66.5 Å². The second-order valence-corrected chi connectivity index (χ2v) is 9.16. The minimum absolute atomic E-state index is 0.0754. The van der Waals surface area contributed by atoms with Crippen LogP contribution < -0.4 is 9.62 Å². The normalized spacial score (nSPS) is 11.5. The van der Waals surface area contributed by atoms with Crippen molar-refractivity contribution in [2.24, 2.45) is 0 Å². The van der Waals surface area contributed by atoms with Gasteiger partial charge in [0.25, 0.3) is 0 Å². The Hall–Kier alpha value is -2.34. The van der Waals surface area contributed by atoms with E-state index in [9.17, 15) is 13.2 Å². The van der Waals surface area contributed by atoms with Crippen molar-refractivity contribution >= 4 is 27.3 Å². The lowest BCUT2D eigenvalue weighted by Crippen LogP contribution is -2.33. The van der Waals surface area contributed by atoms with E-state index in [-0.39, 0.29) is 18.9 Å². The van der Waals surface area contributed by atoms with Crippen LogP contribution in [0.3, 0.4) is 0 Å². The molecule has 0 aliphatic rings. The zero-order valence-electron chi connectivity index (χ0n) is 16.6. The number of rotatable bonds is 7. The van der Waals surface area contributed by atoms with Gasteiger partial charge in [0.2, 0.25) is 15.9 Å². The van der Waals surface area contributed by atoms with Crippen molar-refractivity contribution in [1.82, 2.24) is 0 Å². The molecular formula is C21H28N2O3S. The van der Waals surface area contributed by atoms with Crippen molar-refractivity contribution in [2.75, 3.05) is 22.4 Å². The molecule has 2 aromatic carbocycles. The van der Waals surface area contributed by atoms with Crippen molar-refractivity contribution in [3.63, 3.8) is 0 Å². The van der Waals surface area contributed by atoms with E-state index in [0.717, 1.165) is 17.4 Å². The first kappa shape index (κ1) is 21.0. The average molecular weight is 389 g/mol. The summed E-state index contributed by atoms with van der Waals surface area (Å²) >= 11 is 0. The van der Waals surface area contributed by atoms with E-state index < -0.39 is 10.0 Å². The number of carbonyl (C=O) groups is 1. The molecule has 0 saturated heterocycles. The predicted octanol–water partition coefficient (Wildman–Crippen LogP) is 4.22. The quantitative estimate of drug-likeness (QED) is 0.772. The molecule has 6 heteroatoms. The van der Waals surface area contributed by atoms with Crippen molar-refractivity contribution in [3.8, 4) is 0 Å². The first-order valence-corrected chi connectivity index (χ1v) is 10.9. The summed E-state index contributed by atoms with van der Waals surface area (Å²) in [5.41, 5.74) is 4.46. The maximum atomic E-state index is 12.3. The second kappa shape index (κ2) is 8.57. The lowest BCUT2D eigenvalue weighted by atomic mass is 10.0. The van der Waals surface area contributed by atoms with Crippen LogP contribution in [0.15, 0.2) is 42.5 Å². The standard InChI is InChI=1S/C21H28N2O3S/c1-15(2)18-6-8-19(9-7-18)22-21(24)10-11-23(27(5,25)26)20-13-16(3)12-17(4)14-20/h6-9,12-15H,10-11H2,1-5H3,(H,22,24). The molecule has 1 amide bonds. The summed E-state index contributed by atoms with van der Waals surface area (Å²) in [5.74, 6) is 0.209. The van der Waals surface area contributed by atoms with Gasteiger partial charge in [-0.1, -0.05) is 32.0 Å². The number of sulfonamides is 1. The number of nitrogens with one attached hydrogen (secondary N) is 1. The summed E-state index contributed by atoms with van der Waals surface area (Å²) in [6, 6.07) is 13.3. The smallest absolute Gasteiger partial charge is 0.232 e. The molecule has 0 saturated carbocycles. The van der Waals surface area contributed by atoms with Gasteiger partial charge in [-0.05, 0) is 60.7 Å². The Morgan fingerprint density at radius 1 is 1.04 bits per heavy atom. The van der Waals surface area contributed by atoms with Crippen LogP contribution in [0.2, 0.25) is 0 Å². The highest BCUT2D eigenvalue weighted by Crippen LogP contribution is 2.22. The largest absolute Gasteiger partial charge is 0.326 e. The van der Waals surface area contributed by atoms with Gasteiger partial charge in [0.1, 0.15) is 0 Å². The highest BCUT2D eigenvalue weighted by Gasteiger charge is 2.19. The van der Waals surface area contributed by atoms with Crippen molar-refractivity contribution in [1.29, 1.82) is 0 Å². The van der Waals surface area contributed by atoms with Gasteiger partial charge >= 0.3 is 0 Å². The molecule has 0 aliphatic heterocycles. The summed E-state index contributed by atoms with van der Waals surface area (Å²) in [6.45, 7) is 8.16. The van der Waals surface area contributed by atoms with Crippen LogP contribution >= 0.6 is 0 Å². The lowest BCUT2D eigenvalue weighted by molar-refractivity contribution is -0.116. The molecule has 0 atom stereocenters. The molecular weight excluding hydrogens is 360 g/mol. The first-order chi connectivity index (χ1) is 12.6. The number of benzene rings is 2. The van der Waals surface area contributed by atoms with Crippen LogP contribution in [0.1, 0.15) is 42.9 Å². The third kappa shape index (κ3) is 6.10. The van der Waals surface area contributed by atoms with Gasteiger partial charge in [-0.25, -0.2) is 8.42 Å². The number of carbonyl (C=O) groups excluding carboxylic acids is 1. The fourth-order valence-corrected chi connectivity index (χ4v) is 3.87. The summed E-state index contributed by atoms with van der Waals surface area (Å²) in [4.78, 5) is 12.3. The Balaban J connectivity index is 2.07. The monoisotopic (exact) mass is 388 g/mol. The van der Waals surface area contributed by atoms with Gasteiger partial charge in [0.15, 0.2) is 0 Å². The summed E-state index contributed by atoms with van der Waals surface area (Å²) < 4.78 is 25.7. The molecule has 0 radical (unpaired) electrons. The summed E-state index contributed by atoms with van der Waals surface area (Å²) in [6.07, 6.45) is 1.24. The molecule has 0 bridgehead atoms. The van der Waals surface area contributed by atoms with E-state index in [1.165, 1.54) is 9.87 Å². The fourth-order valence-electron chi connectivity index (χ4n) is 2.96. The molecule has 27 heavy (non-hydrogen) atoms. The lowest BCUT2D eigenvalue weighted by Gasteiger charge is -2.23. The molecule has 2 aromatic rings. The maximum absolute atomic E-state index is 12.3. The molecule has 2 rings (SSSR count). The van der Waals surface area contributed by atoms with E-state index in [2.05, 4.69) is 19.2 Å². The van der Waals surface area contributed by atoms with Gasteiger partial charge in [-0.15, -0.1) is 0 Å². The zero-order valence-corrected chi connectivity index (χ0v) is 17.4. The molecule has 0 aromatic heterocycles. The summed E-state index contributed by atoms with van der Waals surface area (Å²) in [5, 5.41) is 2.83. The Labute approximate surface area is 162 Å². The van der Waals surface area contributed by atoms with E-state index in [4.69, 9.17) is 0 Å². The number of aryl methyl sites for hydroxylation is 2. The highest BCUT2D eigenvalue weighted by atomic mass is 32.2. The van der Waals surface area contributed by atoms with E-state index >= 15 is 0 Å². The minimum Gasteiger partial charge on any atom is -0.326 e. The van der Waals surface area contributed by atoms with Crippen molar-refractivity contribution in [2.45, 2.75) is 40.0 Å². The number of hydrogen-bond acceptors (Lipinski definition) is 3. The summed E-state index contributed by atoms with van der Waals surface area (Å²) in [7, 11) is -3.48. The molecule has 5 nitrogen and oxygen atoms in total. The molecule has 146 valence electrons. The number of anilines is 2. The predicted molar refractivity (Wildman–Crippen MR) is 112 cm³/mol. The third-order valence-corrected chi connectivity index (χ3v) is 5.49. The molecule has 1 N–H and O–H groups in total. The highest BCUT2D eigenvalue weighted by molar-refractivity contribution is 7.92. The molecule has 0 aliphatic carbocycles. The number of nitrogens with zero attached hydrogens (tertiary/aromatic N) is 1. The molecule has 0 fully saturated rings. The molecule has 0 heterocycles. The van der Waals surface area contributed by atoms with Crippen molar-refractivity contribution in [3.05, 3.63) is 59.2 Å². The number of hydrogen-bond donors (Lipinski definition) is 1. The zero-order chi connectivity index (χ0) is 20.2. The second-order valence-electron chi connectivity index (χ2n) is 7.26. The Morgan fingerprint density at radius 2 is 1.59 bits per heavy atom. The van der Waals surface area contributed by atoms with Crippen LogP contribution in [0, 0.1) is 13.8 Å². The Kier molecular flexibility index (Phi) is 6.65.